The summed E-state index contributed by atoms with van der Waals surface area (Å²) in [7, 11) is 0.233. The molecule has 10 heteroatoms. The van der Waals surface area contributed by atoms with E-state index in [4.69, 9.17) is 4.98 Å². The molecular weight excluding hydrogens is 539 g/mol. The molecule has 1 fully saturated rings. The maximum Gasteiger partial charge on any atom is 0.263 e. The zero-order valence-electron chi connectivity index (χ0n) is 24.1. The Hall–Kier alpha value is -3.63. The molecule has 0 saturated heterocycles. The van der Waals surface area contributed by atoms with Gasteiger partial charge in [-0.05, 0) is 101 Å². The number of anilines is 2. The smallest absolute Gasteiger partial charge is 0.263 e. The molecule has 1 saturated carbocycles. The van der Waals surface area contributed by atoms with Crippen molar-refractivity contribution in [2.75, 3.05) is 24.1 Å². The largest absolute Gasteiger partial charge is 0.349 e. The predicted molar refractivity (Wildman–Crippen MR) is 163 cm³/mol. The number of sulfonamides is 1. The van der Waals surface area contributed by atoms with Gasteiger partial charge in [0.25, 0.3) is 10.0 Å². The molecule has 41 heavy (non-hydrogen) atoms. The fourth-order valence-corrected chi connectivity index (χ4v) is 6.83. The lowest BCUT2D eigenvalue weighted by Crippen LogP contribution is -2.43. The van der Waals surface area contributed by atoms with Crippen LogP contribution in [-0.4, -0.2) is 60.6 Å². The average Bonchev–Trinajstić information content (AvgIpc) is 2.93. The van der Waals surface area contributed by atoms with Crippen molar-refractivity contribution in [1.29, 1.82) is 0 Å². The highest BCUT2D eigenvalue weighted by Gasteiger charge is 2.32. The molecule has 4 aromatic rings. The van der Waals surface area contributed by atoms with Gasteiger partial charge >= 0.3 is 0 Å². The van der Waals surface area contributed by atoms with Crippen molar-refractivity contribution in [3.8, 4) is 11.1 Å². The van der Waals surface area contributed by atoms with Crippen molar-refractivity contribution >= 4 is 32.7 Å². The fourth-order valence-electron chi connectivity index (χ4n) is 5.58. The van der Waals surface area contributed by atoms with Gasteiger partial charge in [-0.3, -0.25) is 4.72 Å². The van der Waals surface area contributed by atoms with E-state index in [0.717, 1.165) is 46.9 Å². The summed E-state index contributed by atoms with van der Waals surface area (Å²) < 4.78 is 43.4. The monoisotopic (exact) mass is 576 g/mol. The lowest BCUT2D eigenvalue weighted by atomic mass is 9.89. The number of hydrogen-bond donors (Lipinski definition) is 2. The minimum absolute atomic E-state index is 0.225. The van der Waals surface area contributed by atoms with Crippen molar-refractivity contribution in [3.63, 3.8) is 0 Å². The normalized spacial score (nSPS) is 19.4. The highest BCUT2D eigenvalue weighted by molar-refractivity contribution is 7.92. The van der Waals surface area contributed by atoms with Gasteiger partial charge < -0.3 is 10.2 Å². The summed E-state index contributed by atoms with van der Waals surface area (Å²) in [5.41, 5.74) is 5.07. The average molecular weight is 577 g/mol. The van der Waals surface area contributed by atoms with Gasteiger partial charge in [0, 0.05) is 28.9 Å². The summed E-state index contributed by atoms with van der Waals surface area (Å²) in [6.45, 7) is 5.69. The molecule has 0 spiro atoms. The van der Waals surface area contributed by atoms with Crippen molar-refractivity contribution in [2.24, 2.45) is 0 Å². The molecule has 0 amide bonds. The Labute approximate surface area is 241 Å². The second-order valence-corrected chi connectivity index (χ2v) is 12.7. The molecule has 1 aliphatic carbocycles. The van der Waals surface area contributed by atoms with Crippen molar-refractivity contribution in [1.82, 2.24) is 19.9 Å². The molecule has 0 unspecified atom stereocenters. The summed E-state index contributed by atoms with van der Waals surface area (Å²) in [6.07, 6.45) is 3.74. The number of nitrogens with zero attached hydrogens (tertiary/aromatic N) is 4. The molecule has 216 valence electrons. The summed E-state index contributed by atoms with van der Waals surface area (Å²) in [6, 6.07) is 14.4. The lowest BCUT2D eigenvalue weighted by molar-refractivity contribution is 0.139. The standard InChI is InChI=1S/C31H37FN6O2S/c1-6-21-15-22(25-12-14-29(34-20(25)3)37-41(39,40)28-10-8-7-9-19(28)2)16-23-18-33-31(36-30(21)23)35-27-13-11-24(38(4)5)17-26(27)32/h7-10,12,14-16,18,24,26-27H,6,11,13,17H2,1-5H3,(H,34,37)(H,33,35,36)/t24-,26-,27-/m0/s1. The van der Waals surface area contributed by atoms with Gasteiger partial charge in [0.15, 0.2) is 0 Å². The highest BCUT2D eigenvalue weighted by Crippen LogP contribution is 2.31. The third kappa shape index (κ3) is 6.18. The van der Waals surface area contributed by atoms with Crippen LogP contribution < -0.4 is 10.0 Å². The van der Waals surface area contributed by atoms with E-state index in [1.54, 1.807) is 43.5 Å². The van der Waals surface area contributed by atoms with Crippen LogP contribution in [-0.2, 0) is 16.4 Å². The molecule has 1 aliphatic rings. The molecule has 0 bridgehead atoms. The van der Waals surface area contributed by atoms with Crippen LogP contribution in [0.25, 0.3) is 22.0 Å². The Morgan fingerprint density at radius 3 is 2.51 bits per heavy atom. The zero-order valence-corrected chi connectivity index (χ0v) is 25.0. The summed E-state index contributed by atoms with van der Waals surface area (Å²) in [5.74, 6) is 0.704. The van der Waals surface area contributed by atoms with Crippen LogP contribution in [0.15, 0.2) is 59.6 Å². The molecular formula is C31H37FN6O2S. The minimum atomic E-state index is -3.76. The van der Waals surface area contributed by atoms with Gasteiger partial charge in [0.05, 0.1) is 16.5 Å². The number of pyridine rings is 1. The fraction of sp³-hybridized carbons (Fsp3) is 0.387. The number of hydrogen-bond acceptors (Lipinski definition) is 7. The van der Waals surface area contributed by atoms with Crippen molar-refractivity contribution < 1.29 is 12.8 Å². The number of alkyl halides is 1. The Bertz CT molecular complexity index is 1680. The number of nitrogens with one attached hydrogen (secondary N) is 2. The number of fused-ring (bicyclic) bond motifs is 1. The van der Waals surface area contributed by atoms with E-state index < -0.39 is 16.2 Å². The first-order valence-corrected chi connectivity index (χ1v) is 15.5. The van der Waals surface area contributed by atoms with Gasteiger partial charge in [-0.1, -0.05) is 25.1 Å². The van der Waals surface area contributed by atoms with Crippen LogP contribution >= 0.6 is 0 Å². The zero-order chi connectivity index (χ0) is 29.3. The Kier molecular flexibility index (Phi) is 8.24. The number of aryl methyl sites for hydroxylation is 3. The second kappa shape index (κ2) is 11.7. The van der Waals surface area contributed by atoms with E-state index in [-0.39, 0.29) is 22.8 Å². The highest BCUT2D eigenvalue weighted by atomic mass is 32.2. The first-order valence-electron chi connectivity index (χ1n) is 14.0. The summed E-state index contributed by atoms with van der Waals surface area (Å²) in [5, 5.41) is 4.12. The topological polar surface area (TPSA) is 100 Å². The first-order chi connectivity index (χ1) is 19.6. The molecule has 0 radical (unpaired) electrons. The van der Waals surface area contributed by atoms with Crippen LogP contribution in [0.2, 0.25) is 0 Å². The second-order valence-electron chi connectivity index (χ2n) is 11.0. The summed E-state index contributed by atoms with van der Waals surface area (Å²) in [4.78, 5) is 16.2. The molecule has 8 nitrogen and oxygen atoms in total. The van der Waals surface area contributed by atoms with E-state index >= 15 is 0 Å². The van der Waals surface area contributed by atoms with Crippen LogP contribution in [0.3, 0.4) is 0 Å². The maximum atomic E-state index is 14.9. The van der Waals surface area contributed by atoms with Crippen LogP contribution in [0.1, 0.15) is 43.0 Å². The number of rotatable bonds is 8. The first kappa shape index (κ1) is 28.9. The molecule has 3 atom stereocenters. The van der Waals surface area contributed by atoms with Gasteiger partial charge in [0.1, 0.15) is 12.0 Å². The Morgan fingerprint density at radius 2 is 1.83 bits per heavy atom. The Balaban J connectivity index is 1.38. The predicted octanol–water partition coefficient (Wildman–Crippen LogP) is 5.90. The van der Waals surface area contributed by atoms with Crippen LogP contribution in [0.5, 0.6) is 0 Å². The van der Waals surface area contributed by atoms with Crippen LogP contribution in [0, 0.1) is 13.8 Å². The SMILES string of the molecule is CCc1cc(-c2ccc(NS(=O)(=O)c3ccccc3C)nc2C)cc2cnc(N[C@H]3CC[C@H](N(C)C)C[C@@H]3F)nc12. The lowest BCUT2D eigenvalue weighted by Gasteiger charge is -2.35. The number of aromatic nitrogens is 3. The van der Waals surface area contributed by atoms with Gasteiger partial charge in [-0.15, -0.1) is 0 Å². The number of halogens is 1. The van der Waals surface area contributed by atoms with Crippen molar-refractivity contribution in [2.45, 2.75) is 69.6 Å². The number of benzene rings is 2. The summed E-state index contributed by atoms with van der Waals surface area (Å²) >= 11 is 0. The van der Waals surface area contributed by atoms with Gasteiger partial charge in [0.2, 0.25) is 5.95 Å². The van der Waals surface area contributed by atoms with Crippen LogP contribution in [0.4, 0.5) is 16.2 Å². The molecule has 2 heterocycles. The molecule has 2 aromatic carbocycles. The van der Waals surface area contributed by atoms with Crippen molar-refractivity contribution in [3.05, 3.63) is 71.5 Å². The quantitative estimate of drug-likeness (QED) is 0.269. The van der Waals surface area contributed by atoms with E-state index in [0.29, 0.717) is 23.6 Å². The van der Waals surface area contributed by atoms with E-state index in [9.17, 15) is 12.8 Å². The van der Waals surface area contributed by atoms with E-state index in [1.807, 2.05) is 33.2 Å². The van der Waals surface area contributed by atoms with Gasteiger partial charge in [-0.2, -0.15) is 0 Å². The van der Waals surface area contributed by atoms with E-state index in [2.05, 4.69) is 37.9 Å². The van der Waals surface area contributed by atoms with E-state index in [1.165, 1.54) is 0 Å². The molecule has 5 rings (SSSR count). The minimum Gasteiger partial charge on any atom is -0.349 e. The molecule has 2 aromatic heterocycles. The van der Waals surface area contributed by atoms with Gasteiger partial charge in [-0.25, -0.2) is 27.8 Å². The third-order valence-electron chi connectivity index (χ3n) is 7.95. The maximum absolute atomic E-state index is 14.9. The Morgan fingerprint density at radius 1 is 1.05 bits per heavy atom. The third-order valence-corrected chi connectivity index (χ3v) is 9.47. The molecule has 0 aliphatic heterocycles. The molecule has 2 N–H and O–H groups in total.